The van der Waals surface area contributed by atoms with Crippen molar-refractivity contribution in [3.05, 3.63) is 0 Å². The van der Waals surface area contributed by atoms with Crippen LogP contribution < -0.4 is 0 Å². The molecule has 0 saturated carbocycles. The van der Waals surface area contributed by atoms with Crippen LogP contribution in [-0.4, -0.2) is 96.7 Å². The molecule has 0 heterocycles. The number of aliphatic hydroxyl groups is 1. The molecule has 0 aliphatic heterocycles. The topological polar surface area (TPSA) is 237 Å². The van der Waals surface area contributed by atoms with Crippen molar-refractivity contribution in [1.29, 1.82) is 0 Å². The molecule has 90 heavy (non-hydrogen) atoms. The van der Waals surface area contributed by atoms with E-state index in [9.17, 15) is 43.2 Å². The van der Waals surface area contributed by atoms with E-state index < -0.39 is 97.5 Å². The number of rotatable bonds is 70. The van der Waals surface area contributed by atoms with E-state index in [0.717, 1.165) is 108 Å². The van der Waals surface area contributed by atoms with Crippen molar-refractivity contribution >= 4 is 39.5 Å². The summed E-state index contributed by atoms with van der Waals surface area (Å²) < 4.78 is 68.0. The average Bonchev–Trinajstić information content (AvgIpc) is 3.56. The van der Waals surface area contributed by atoms with Gasteiger partial charge >= 0.3 is 39.5 Å². The Morgan fingerprint density at radius 3 is 0.789 bits per heavy atom. The zero-order chi connectivity index (χ0) is 66.5. The van der Waals surface area contributed by atoms with Gasteiger partial charge in [0.2, 0.25) is 0 Å². The minimum Gasteiger partial charge on any atom is -0.462 e. The molecule has 0 fully saturated rings. The molecule has 0 radical (unpaired) electrons. The Kier molecular flexibility index (Phi) is 61.8. The van der Waals surface area contributed by atoms with Gasteiger partial charge in [0.15, 0.2) is 12.2 Å². The van der Waals surface area contributed by atoms with E-state index in [1.165, 1.54) is 173 Å². The zero-order valence-electron chi connectivity index (χ0n) is 58.4. The largest absolute Gasteiger partial charge is 0.472 e. The molecule has 0 amide bonds. The second kappa shape index (κ2) is 63.1. The van der Waals surface area contributed by atoms with Gasteiger partial charge in [-0.25, -0.2) is 9.13 Å². The Hall–Kier alpha value is -1.94. The van der Waals surface area contributed by atoms with E-state index in [1.54, 1.807) is 0 Å². The van der Waals surface area contributed by atoms with Crippen LogP contribution in [0.3, 0.4) is 0 Å². The van der Waals surface area contributed by atoms with Crippen LogP contribution >= 0.6 is 15.6 Å². The van der Waals surface area contributed by atoms with Gasteiger partial charge in [0.1, 0.15) is 19.3 Å². The molecule has 0 saturated heterocycles. The van der Waals surface area contributed by atoms with Gasteiger partial charge in [-0.1, -0.05) is 311 Å². The highest BCUT2D eigenvalue weighted by Crippen LogP contribution is 2.45. The normalized spacial score (nSPS) is 14.7. The smallest absolute Gasteiger partial charge is 0.462 e. The van der Waals surface area contributed by atoms with Crippen LogP contribution in [-0.2, 0) is 65.4 Å². The fourth-order valence-electron chi connectivity index (χ4n) is 10.7. The molecule has 0 aromatic carbocycles. The number of aliphatic hydroxyl groups excluding tert-OH is 1. The fraction of sp³-hybridized carbons (Fsp3) is 0.944. The number of hydrogen-bond acceptors (Lipinski definition) is 15. The predicted octanol–water partition coefficient (Wildman–Crippen LogP) is 20.4. The lowest BCUT2D eigenvalue weighted by Gasteiger charge is -2.21. The summed E-state index contributed by atoms with van der Waals surface area (Å²) >= 11 is 0. The summed E-state index contributed by atoms with van der Waals surface area (Å²) in [5.74, 6) is -0.487. The molecule has 0 bridgehead atoms. The van der Waals surface area contributed by atoms with E-state index in [2.05, 4.69) is 41.5 Å². The van der Waals surface area contributed by atoms with Gasteiger partial charge in [0, 0.05) is 25.7 Å². The third-order valence-electron chi connectivity index (χ3n) is 17.2. The minimum atomic E-state index is -4.95. The van der Waals surface area contributed by atoms with E-state index in [0.29, 0.717) is 25.7 Å². The van der Waals surface area contributed by atoms with Crippen molar-refractivity contribution < 1.29 is 80.2 Å². The summed E-state index contributed by atoms with van der Waals surface area (Å²) in [6.07, 6.45) is 49.0. The van der Waals surface area contributed by atoms with Crippen LogP contribution in [0.1, 0.15) is 363 Å². The van der Waals surface area contributed by atoms with Gasteiger partial charge in [0.05, 0.1) is 26.4 Å². The Balaban J connectivity index is 5.09. The SMILES string of the molecule is CCCCCCCCCCCCCC(=O)O[C@H](COC(=O)CCCCCCC)COP(=O)(O)OC[C@H](O)COP(=O)(O)OC[C@@H](COC(=O)CCCCCCCCCCC(C)CC)OC(=O)CCCCCCCCCCCCCCCCCCCCC(C)CC. The van der Waals surface area contributed by atoms with Crippen molar-refractivity contribution in [3.8, 4) is 0 Å². The highest BCUT2D eigenvalue weighted by Gasteiger charge is 2.30. The number of unbranched alkanes of at least 4 members (excludes halogenated alkanes) is 38. The standard InChI is InChI=1S/C71H138O17P2/c1-7-11-13-15-16-17-26-30-37-43-49-55-70(75)87-66(59-81-68(73)53-47-39-14-12-8-2)61-85-89(77,78)83-57-65(72)58-84-90(79,80)86-62-67(60-82-69(74)54-48-42-36-33-32-35-41-46-52-64(6)10-4)88-71(76)56-50-44-38-31-28-25-23-21-19-18-20-22-24-27-29-34-40-45-51-63(5)9-3/h63-67,72H,7-62H2,1-6H3,(H,77,78)(H,79,80)/t63?,64?,65-,66+,67+/m0/s1. The van der Waals surface area contributed by atoms with Crippen molar-refractivity contribution in [2.45, 2.75) is 381 Å². The zero-order valence-corrected chi connectivity index (χ0v) is 60.2. The number of phosphoric acid groups is 2. The van der Waals surface area contributed by atoms with Gasteiger partial charge in [-0.2, -0.15) is 0 Å². The maximum absolute atomic E-state index is 13.0. The molecule has 0 aromatic heterocycles. The Morgan fingerprint density at radius 1 is 0.311 bits per heavy atom. The number of carbonyl (C=O) groups excluding carboxylic acids is 4. The van der Waals surface area contributed by atoms with E-state index in [-0.39, 0.29) is 25.7 Å². The maximum Gasteiger partial charge on any atom is 0.472 e. The lowest BCUT2D eigenvalue weighted by atomic mass is 9.99. The predicted molar refractivity (Wildman–Crippen MR) is 363 cm³/mol. The molecule has 19 heteroatoms. The van der Waals surface area contributed by atoms with Crippen molar-refractivity contribution in [2.75, 3.05) is 39.6 Å². The van der Waals surface area contributed by atoms with Crippen molar-refractivity contribution in [1.82, 2.24) is 0 Å². The molecule has 7 atom stereocenters. The monoisotopic (exact) mass is 1320 g/mol. The molecule has 534 valence electrons. The second-order valence-corrected chi connectivity index (χ2v) is 29.0. The summed E-state index contributed by atoms with van der Waals surface area (Å²) in [7, 11) is -9.89. The third kappa shape index (κ3) is 62.2. The molecule has 3 N–H and O–H groups in total. The lowest BCUT2D eigenvalue weighted by Crippen LogP contribution is -2.30. The van der Waals surface area contributed by atoms with Crippen molar-refractivity contribution in [3.63, 3.8) is 0 Å². The number of phosphoric ester groups is 2. The van der Waals surface area contributed by atoms with Crippen LogP contribution in [0.25, 0.3) is 0 Å². The summed E-state index contributed by atoms with van der Waals surface area (Å²) in [5, 5.41) is 10.6. The van der Waals surface area contributed by atoms with Gasteiger partial charge in [-0.05, 0) is 37.5 Å². The molecular weight excluding hydrogens is 1190 g/mol. The Labute approximate surface area is 549 Å². The fourth-order valence-corrected chi connectivity index (χ4v) is 12.3. The van der Waals surface area contributed by atoms with Gasteiger partial charge < -0.3 is 33.8 Å². The second-order valence-electron chi connectivity index (χ2n) is 26.1. The first kappa shape index (κ1) is 88.1. The van der Waals surface area contributed by atoms with Gasteiger partial charge in [0.25, 0.3) is 0 Å². The van der Waals surface area contributed by atoms with Crippen LogP contribution in [0.2, 0.25) is 0 Å². The number of esters is 4. The summed E-state index contributed by atoms with van der Waals surface area (Å²) in [5.41, 5.74) is 0. The lowest BCUT2D eigenvalue weighted by molar-refractivity contribution is -0.161. The highest BCUT2D eigenvalue weighted by atomic mass is 31.2. The third-order valence-corrected chi connectivity index (χ3v) is 19.1. The number of carbonyl (C=O) groups is 4. The number of ether oxygens (including phenoxy) is 4. The average molecular weight is 1330 g/mol. The molecule has 0 aliphatic rings. The van der Waals surface area contributed by atoms with Crippen LogP contribution in [0.15, 0.2) is 0 Å². The van der Waals surface area contributed by atoms with Crippen molar-refractivity contribution in [2.24, 2.45) is 11.8 Å². The number of hydrogen-bond donors (Lipinski definition) is 3. The minimum absolute atomic E-state index is 0.106. The van der Waals surface area contributed by atoms with Gasteiger partial charge in [-0.15, -0.1) is 0 Å². The molecular formula is C71H138O17P2. The molecule has 0 spiro atoms. The molecule has 17 nitrogen and oxygen atoms in total. The summed E-state index contributed by atoms with van der Waals surface area (Å²) in [6, 6.07) is 0. The van der Waals surface area contributed by atoms with Crippen LogP contribution in [0.4, 0.5) is 0 Å². The molecule has 4 unspecified atom stereocenters. The van der Waals surface area contributed by atoms with E-state index >= 15 is 0 Å². The molecule has 0 aliphatic carbocycles. The van der Waals surface area contributed by atoms with Gasteiger partial charge in [-0.3, -0.25) is 37.3 Å². The first-order valence-corrected chi connectivity index (χ1v) is 40.1. The summed E-state index contributed by atoms with van der Waals surface area (Å²) in [6.45, 7) is 9.53. The van der Waals surface area contributed by atoms with E-state index in [1.807, 2.05) is 0 Å². The quantitative estimate of drug-likeness (QED) is 0.0222. The molecule has 0 aromatic rings. The first-order valence-electron chi connectivity index (χ1n) is 37.1. The maximum atomic E-state index is 13.0. The molecule has 0 rings (SSSR count). The van der Waals surface area contributed by atoms with E-state index in [4.69, 9.17) is 37.0 Å². The van der Waals surface area contributed by atoms with Crippen LogP contribution in [0, 0.1) is 11.8 Å². The van der Waals surface area contributed by atoms with Crippen LogP contribution in [0.5, 0.6) is 0 Å². The Morgan fingerprint density at radius 2 is 0.533 bits per heavy atom. The first-order chi connectivity index (χ1) is 43.4. The highest BCUT2D eigenvalue weighted by molar-refractivity contribution is 7.47. The summed E-state index contributed by atoms with van der Waals surface area (Å²) in [4.78, 5) is 72.2. The Bertz CT molecular complexity index is 1760.